The summed E-state index contributed by atoms with van der Waals surface area (Å²) in [5.74, 6) is 0.529. The van der Waals surface area contributed by atoms with Gasteiger partial charge in [-0.1, -0.05) is 12.2 Å². The highest BCUT2D eigenvalue weighted by molar-refractivity contribution is 5.80. The van der Waals surface area contributed by atoms with Crippen LogP contribution in [0.2, 0.25) is 0 Å². The molecule has 0 atom stereocenters. The van der Waals surface area contributed by atoms with Crippen LogP contribution in [0.15, 0.2) is 12.2 Å². The van der Waals surface area contributed by atoms with Crippen LogP contribution in [0, 0.1) is 5.92 Å². The Morgan fingerprint density at radius 3 is 2.83 bits per heavy atom. The van der Waals surface area contributed by atoms with E-state index in [0.717, 1.165) is 32.4 Å². The van der Waals surface area contributed by atoms with Gasteiger partial charge in [0.15, 0.2) is 0 Å². The van der Waals surface area contributed by atoms with Crippen LogP contribution in [0.3, 0.4) is 0 Å². The number of hydrogen-bond acceptors (Lipinski definition) is 2. The molecular weight excluding hydrogens is 152 g/mol. The zero-order valence-corrected chi connectivity index (χ0v) is 7.12. The monoisotopic (exact) mass is 166 g/mol. The number of nitrogens with one attached hydrogen (secondary N) is 1. The fourth-order valence-corrected chi connectivity index (χ4v) is 1.34. The van der Waals surface area contributed by atoms with Gasteiger partial charge in [0.2, 0.25) is 5.91 Å². The first kappa shape index (κ1) is 7.80. The quantitative estimate of drug-likeness (QED) is 0.612. The van der Waals surface area contributed by atoms with E-state index in [4.69, 9.17) is 0 Å². The molecule has 66 valence electrons. The molecule has 12 heavy (non-hydrogen) atoms. The lowest BCUT2D eigenvalue weighted by Gasteiger charge is -2.23. The molecule has 1 amide bonds. The van der Waals surface area contributed by atoms with Crippen molar-refractivity contribution in [2.45, 2.75) is 19.3 Å². The Morgan fingerprint density at radius 1 is 1.42 bits per heavy atom. The van der Waals surface area contributed by atoms with Crippen molar-refractivity contribution in [2.75, 3.05) is 13.1 Å². The normalized spacial score (nSPS) is 24.0. The number of hydrazine groups is 1. The molecule has 0 radical (unpaired) electrons. The molecule has 0 aromatic rings. The summed E-state index contributed by atoms with van der Waals surface area (Å²) in [6.07, 6.45) is 7.45. The molecule has 1 aliphatic heterocycles. The molecule has 3 nitrogen and oxygen atoms in total. The average Bonchev–Trinajstić information content (AvgIpc) is 2.88. The maximum absolute atomic E-state index is 11.3. The smallest absolute Gasteiger partial charge is 0.237 e. The molecule has 1 N–H and O–H groups in total. The van der Waals surface area contributed by atoms with Crippen molar-refractivity contribution in [3.05, 3.63) is 12.2 Å². The van der Waals surface area contributed by atoms with Gasteiger partial charge in [0.05, 0.1) is 0 Å². The molecule has 2 rings (SSSR count). The number of carbonyl (C=O) groups is 1. The molecule has 2 aliphatic rings. The third-order valence-corrected chi connectivity index (χ3v) is 2.27. The Morgan fingerprint density at radius 2 is 2.25 bits per heavy atom. The Hall–Kier alpha value is -0.830. The standard InChI is InChI=1S/C9H14N2O/c12-9(8-4-5-8)10-11-6-2-1-3-7-11/h1-2,8H,3-7H2,(H,10,12). The summed E-state index contributed by atoms with van der Waals surface area (Å²) in [5.41, 5.74) is 2.92. The van der Waals surface area contributed by atoms with Crippen molar-refractivity contribution < 1.29 is 4.79 Å². The summed E-state index contributed by atoms with van der Waals surface area (Å²) in [6.45, 7) is 1.81. The average molecular weight is 166 g/mol. The van der Waals surface area contributed by atoms with Crippen LogP contribution in [0.1, 0.15) is 19.3 Å². The maximum Gasteiger partial charge on any atom is 0.237 e. The van der Waals surface area contributed by atoms with Crippen molar-refractivity contribution >= 4 is 5.91 Å². The zero-order valence-electron chi connectivity index (χ0n) is 7.12. The largest absolute Gasteiger partial charge is 0.288 e. The Kier molecular flexibility index (Phi) is 2.13. The van der Waals surface area contributed by atoms with Gasteiger partial charge < -0.3 is 0 Å². The van der Waals surface area contributed by atoms with Crippen molar-refractivity contribution in [3.8, 4) is 0 Å². The molecule has 1 aliphatic carbocycles. The second-order valence-corrected chi connectivity index (χ2v) is 3.46. The van der Waals surface area contributed by atoms with Gasteiger partial charge in [-0.15, -0.1) is 0 Å². The fourth-order valence-electron chi connectivity index (χ4n) is 1.34. The van der Waals surface area contributed by atoms with Crippen LogP contribution >= 0.6 is 0 Å². The molecule has 1 heterocycles. The minimum atomic E-state index is 0.213. The summed E-state index contributed by atoms with van der Waals surface area (Å²) < 4.78 is 0. The van der Waals surface area contributed by atoms with Crippen LogP contribution in [0.5, 0.6) is 0 Å². The van der Waals surface area contributed by atoms with Gasteiger partial charge >= 0.3 is 0 Å². The highest BCUT2D eigenvalue weighted by atomic mass is 16.2. The lowest BCUT2D eigenvalue weighted by Crippen LogP contribution is -2.44. The van der Waals surface area contributed by atoms with Gasteiger partial charge in [0.1, 0.15) is 0 Å². The van der Waals surface area contributed by atoms with E-state index in [1.165, 1.54) is 0 Å². The summed E-state index contributed by atoms with van der Waals surface area (Å²) in [6, 6.07) is 0. The van der Waals surface area contributed by atoms with Crippen LogP contribution in [-0.2, 0) is 4.79 Å². The fraction of sp³-hybridized carbons (Fsp3) is 0.667. The van der Waals surface area contributed by atoms with Gasteiger partial charge in [-0.05, 0) is 19.3 Å². The molecule has 1 saturated carbocycles. The van der Waals surface area contributed by atoms with Crippen molar-refractivity contribution in [2.24, 2.45) is 5.92 Å². The first-order valence-electron chi connectivity index (χ1n) is 4.57. The Bertz CT molecular complexity index is 209. The van der Waals surface area contributed by atoms with Gasteiger partial charge in [-0.25, -0.2) is 5.01 Å². The second kappa shape index (κ2) is 3.27. The van der Waals surface area contributed by atoms with Gasteiger partial charge in [0, 0.05) is 19.0 Å². The van der Waals surface area contributed by atoms with E-state index in [0.29, 0.717) is 5.92 Å². The van der Waals surface area contributed by atoms with Crippen molar-refractivity contribution in [1.82, 2.24) is 10.4 Å². The van der Waals surface area contributed by atoms with Gasteiger partial charge in [-0.3, -0.25) is 10.2 Å². The number of rotatable bonds is 2. The highest BCUT2D eigenvalue weighted by Crippen LogP contribution is 2.28. The van der Waals surface area contributed by atoms with Crippen molar-refractivity contribution in [1.29, 1.82) is 0 Å². The van der Waals surface area contributed by atoms with E-state index in [-0.39, 0.29) is 5.91 Å². The molecule has 0 spiro atoms. The summed E-state index contributed by atoms with van der Waals surface area (Å²) in [4.78, 5) is 11.3. The number of carbonyl (C=O) groups excluding carboxylic acids is 1. The Balaban J connectivity index is 1.77. The van der Waals surface area contributed by atoms with Crippen molar-refractivity contribution in [3.63, 3.8) is 0 Å². The minimum Gasteiger partial charge on any atom is -0.288 e. The SMILES string of the molecule is O=C(NN1CC=CCC1)C1CC1. The van der Waals surface area contributed by atoms with E-state index in [2.05, 4.69) is 17.6 Å². The zero-order chi connectivity index (χ0) is 8.39. The van der Waals surface area contributed by atoms with Crippen LogP contribution in [0.25, 0.3) is 0 Å². The van der Waals surface area contributed by atoms with Crippen LogP contribution in [0.4, 0.5) is 0 Å². The van der Waals surface area contributed by atoms with E-state index in [1.807, 2.05) is 5.01 Å². The Labute approximate surface area is 72.4 Å². The third kappa shape index (κ3) is 1.85. The van der Waals surface area contributed by atoms with E-state index in [1.54, 1.807) is 0 Å². The van der Waals surface area contributed by atoms with Crippen LogP contribution < -0.4 is 5.43 Å². The molecular formula is C9H14N2O. The lowest BCUT2D eigenvalue weighted by molar-refractivity contribution is -0.127. The maximum atomic E-state index is 11.3. The predicted molar refractivity (Wildman–Crippen MR) is 46.2 cm³/mol. The molecule has 0 bridgehead atoms. The summed E-state index contributed by atoms with van der Waals surface area (Å²) in [5, 5.41) is 1.99. The molecule has 1 fully saturated rings. The molecule has 0 saturated heterocycles. The van der Waals surface area contributed by atoms with Gasteiger partial charge in [0.25, 0.3) is 0 Å². The number of amides is 1. The molecule has 0 unspecified atom stereocenters. The number of hydrogen-bond donors (Lipinski definition) is 1. The summed E-state index contributed by atoms with van der Waals surface area (Å²) in [7, 11) is 0. The predicted octanol–water partition coefficient (Wildman–Crippen LogP) is 0.689. The first-order chi connectivity index (χ1) is 5.86. The second-order valence-electron chi connectivity index (χ2n) is 3.46. The lowest BCUT2D eigenvalue weighted by atomic mass is 10.3. The van der Waals surface area contributed by atoms with Crippen LogP contribution in [-0.4, -0.2) is 24.0 Å². The van der Waals surface area contributed by atoms with Gasteiger partial charge in [-0.2, -0.15) is 0 Å². The molecule has 0 aromatic carbocycles. The topological polar surface area (TPSA) is 32.3 Å². The molecule has 3 heteroatoms. The van der Waals surface area contributed by atoms with E-state index in [9.17, 15) is 4.79 Å². The molecule has 0 aromatic heterocycles. The minimum absolute atomic E-state index is 0.213. The highest BCUT2D eigenvalue weighted by Gasteiger charge is 2.30. The van der Waals surface area contributed by atoms with E-state index < -0.39 is 0 Å². The van der Waals surface area contributed by atoms with E-state index >= 15 is 0 Å². The first-order valence-corrected chi connectivity index (χ1v) is 4.57. The third-order valence-electron chi connectivity index (χ3n) is 2.27. The summed E-state index contributed by atoms with van der Waals surface area (Å²) >= 11 is 0. The number of nitrogens with zero attached hydrogens (tertiary/aromatic N) is 1.